The third kappa shape index (κ3) is 4.73. The molecule has 0 bridgehead atoms. The maximum absolute atomic E-state index is 12.3. The Morgan fingerprint density at radius 1 is 1.36 bits per heavy atom. The molecule has 0 spiro atoms. The van der Waals surface area contributed by atoms with Crippen molar-refractivity contribution in [2.75, 3.05) is 33.3 Å². The van der Waals surface area contributed by atoms with Crippen LogP contribution in [0.15, 0.2) is 18.6 Å². The molecule has 8 heteroatoms. The van der Waals surface area contributed by atoms with Crippen LogP contribution in [0.2, 0.25) is 0 Å². The molecular formula is C17H23N5O2S. The molecule has 0 atom stereocenters. The first-order chi connectivity index (χ1) is 12.2. The Morgan fingerprint density at radius 3 is 2.92 bits per heavy atom. The fourth-order valence-corrected chi connectivity index (χ4v) is 3.55. The first-order valence-corrected chi connectivity index (χ1v) is 9.35. The zero-order valence-corrected chi connectivity index (χ0v) is 15.4. The molecule has 25 heavy (non-hydrogen) atoms. The summed E-state index contributed by atoms with van der Waals surface area (Å²) in [5.74, 6) is 0.902. The zero-order chi connectivity index (χ0) is 17.6. The van der Waals surface area contributed by atoms with Crippen molar-refractivity contribution in [1.29, 1.82) is 0 Å². The summed E-state index contributed by atoms with van der Waals surface area (Å²) in [6.45, 7) is 5.33. The summed E-state index contributed by atoms with van der Waals surface area (Å²) < 4.78 is 5.36. The van der Waals surface area contributed by atoms with E-state index in [1.807, 2.05) is 6.92 Å². The fourth-order valence-electron chi connectivity index (χ4n) is 2.76. The summed E-state index contributed by atoms with van der Waals surface area (Å²) in [6.07, 6.45) is 7.13. The monoisotopic (exact) mass is 361 g/mol. The van der Waals surface area contributed by atoms with Gasteiger partial charge in [-0.2, -0.15) is 0 Å². The second-order valence-corrected chi connectivity index (χ2v) is 7.19. The number of hydrogen-bond donors (Lipinski definition) is 1. The number of carbonyl (C=O) groups excluding carboxylic acids is 1. The van der Waals surface area contributed by atoms with Crippen LogP contribution in [0.5, 0.6) is 5.88 Å². The van der Waals surface area contributed by atoms with Crippen LogP contribution in [0.3, 0.4) is 0 Å². The molecule has 0 saturated carbocycles. The van der Waals surface area contributed by atoms with Crippen molar-refractivity contribution in [2.24, 2.45) is 5.92 Å². The van der Waals surface area contributed by atoms with Crippen molar-refractivity contribution in [3.05, 3.63) is 23.6 Å². The molecule has 0 unspecified atom stereocenters. The minimum atomic E-state index is -0.121. The molecular weight excluding hydrogens is 338 g/mol. The van der Waals surface area contributed by atoms with E-state index in [-0.39, 0.29) is 5.91 Å². The van der Waals surface area contributed by atoms with E-state index >= 15 is 0 Å². The second-order valence-electron chi connectivity index (χ2n) is 6.16. The van der Waals surface area contributed by atoms with Gasteiger partial charge in [-0.25, -0.2) is 9.97 Å². The summed E-state index contributed by atoms with van der Waals surface area (Å²) in [5.41, 5.74) is 0.665. The van der Waals surface area contributed by atoms with E-state index in [1.165, 1.54) is 11.3 Å². The maximum atomic E-state index is 12.3. The van der Waals surface area contributed by atoms with Gasteiger partial charge in [-0.1, -0.05) is 0 Å². The standard InChI is InChI=1S/C17H23N5O2S/c1-3-24-15-11-18-9-13(21-15)14-10-20-17(25-14)16(23)19-8-12-4-6-22(2)7-5-12/h9-12H,3-8H2,1-2H3,(H,19,23). The van der Waals surface area contributed by atoms with Crippen LogP contribution in [-0.2, 0) is 0 Å². The van der Waals surface area contributed by atoms with Crippen LogP contribution >= 0.6 is 11.3 Å². The van der Waals surface area contributed by atoms with Gasteiger partial charge in [0, 0.05) is 12.7 Å². The Bertz CT molecular complexity index is 713. The van der Waals surface area contributed by atoms with E-state index in [4.69, 9.17) is 4.74 Å². The maximum Gasteiger partial charge on any atom is 0.280 e. The number of ether oxygens (including phenoxy) is 1. The Labute approximate surface area is 151 Å². The SMILES string of the molecule is CCOc1cncc(-c2cnc(C(=O)NCC3CCN(C)CC3)s2)n1. The molecule has 2 aromatic rings. The minimum Gasteiger partial charge on any atom is -0.477 e. The predicted molar refractivity (Wildman–Crippen MR) is 96.9 cm³/mol. The van der Waals surface area contributed by atoms with Gasteiger partial charge >= 0.3 is 0 Å². The number of nitrogens with one attached hydrogen (secondary N) is 1. The highest BCUT2D eigenvalue weighted by Crippen LogP contribution is 2.25. The molecule has 1 fully saturated rings. The van der Waals surface area contributed by atoms with E-state index in [1.54, 1.807) is 18.6 Å². The Morgan fingerprint density at radius 2 is 2.16 bits per heavy atom. The first kappa shape index (κ1) is 17.8. The summed E-state index contributed by atoms with van der Waals surface area (Å²) in [7, 11) is 2.13. The van der Waals surface area contributed by atoms with E-state index in [0.717, 1.165) is 30.8 Å². The molecule has 3 rings (SSSR count). The smallest absolute Gasteiger partial charge is 0.280 e. The molecule has 0 radical (unpaired) electrons. The lowest BCUT2D eigenvalue weighted by molar-refractivity contribution is 0.0938. The van der Waals surface area contributed by atoms with Gasteiger partial charge in [0.15, 0.2) is 5.01 Å². The lowest BCUT2D eigenvalue weighted by Crippen LogP contribution is -2.36. The van der Waals surface area contributed by atoms with Crippen LogP contribution in [0.25, 0.3) is 10.6 Å². The highest BCUT2D eigenvalue weighted by atomic mass is 32.1. The quantitative estimate of drug-likeness (QED) is 0.848. The Kier molecular flexibility index (Phi) is 5.93. The van der Waals surface area contributed by atoms with E-state index < -0.39 is 0 Å². The number of thiazole rings is 1. The molecule has 3 heterocycles. The van der Waals surface area contributed by atoms with Crippen molar-refractivity contribution in [3.8, 4) is 16.5 Å². The van der Waals surface area contributed by atoms with Gasteiger partial charge in [0.1, 0.15) is 5.69 Å². The number of likely N-dealkylation sites (tertiary alicyclic amines) is 1. The number of hydrogen-bond acceptors (Lipinski definition) is 7. The molecule has 1 aliphatic heterocycles. The highest BCUT2D eigenvalue weighted by Gasteiger charge is 2.19. The molecule has 2 aromatic heterocycles. The van der Waals surface area contributed by atoms with Crippen molar-refractivity contribution >= 4 is 17.2 Å². The van der Waals surface area contributed by atoms with Crippen LogP contribution in [0.4, 0.5) is 0 Å². The van der Waals surface area contributed by atoms with E-state index in [9.17, 15) is 4.79 Å². The lowest BCUT2D eigenvalue weighted by Gasteiger charge is -2.28. The van der Waals surface area contributed by atoms with Gasteiger partial charge in [-0.15, -0.1) is 11.3 Å². The molecule has 1 aliphatic rings. The summed E-state index contributed by atoms with van der Waals surface area (Å²) >= 11 is 1.32. The second kappa shape index (κ2) is 8.35. The third-order valence-electron chi connectivity index (χ3n) is 4.25. The molecule has 7 nitrogen and oxygen atoms in total. The predicted octanol–water partition coefficient (Wildman–Crippen LogP) is 2.07. The Hall–Kier alpha value is -2.06. The van der Waals surface area contributed by atoms with Gasteiger partial charge in [-0.3, -0.25) is 9.78 Å². The van der Waals surface area contributed by atoms with Gasteiger partial charge in [-0.05, 0) is 45.8 Å². The molecule has 0 aliphatic carbocycles. The first-order valence-electron chi connectivity index (χ1n) is 8.53. The summed E-state index contributed by atoms with van der Waals surface area (Å²) in [6, 6.07) is 0. The van der Waals surface area contributed by atoms with Gasteiger partial charge in [0.05, 0.1) is 23.9 Å². The van der Waals surface area contributed by atoms with E-state index in [0.29, 0.717) is 35.7 Å². The van der Waals surface area contributed by atoms with Gasteiger partial charge < -0.3 is 15.0 Å². The van der Waals surface area contributed by atoms with Gasteiger partial charge in [0.25, 0.3) is 5.91 Å². The number of aromatic nitrogens is 3. The zero-order valence-electron chi connectivity index (χ0n) is 14.6. The number of rotatable bonds is 6. The fraction of sp³-hybridized carbons (Fsp3) is 0.529. The topological polar surface area (TPSA) is 80.2 Å². The molecule has 134 valence electrons. The number of amides is 1. The molecule has 1 saturated heterocycles. The van der Waals surface area contributed by atoms with Crippen molar-refractivity contribution in [3.63, 3.8) is 0 Å². The van der Waals surface area contributed by atoms with Crippen LogP contribution in [-0.4, -0.2) is 59.0 Å². The average Bonchev–Trinajstić information content (AvgIpc) is 3.12. The largest absolute Gasteiger partial charge is 0.477 e. The molecule has 0 aromatic carbocycles. The van der Waals surface area contributed by atoms with Gasteiger partial charge in [0.2, 0.25) is 5.88 Å². The molecule has 1 amide bonds. The summed E-state index contributed by atoms with van der Waals surface area (Å²) in [4.78, 5) is 28.2. The normalized spacial score (nSPS) is 15.9. The third-order valence-corrected chi connectivity index (χ3v) is 5.27. The number of nitrogens with zero attached hydrogens (tertiary/aromatic N) is 4. The van der Waals surface area contributed by atoms with Crippen LogP contribution in [0.1, 0.15) is 29.6 Å². The molecule has 1 N–H and O–H groups in total. The number of carbonyl (C=O) groups is 1. The Balaban J connectivity index is 1.59. The lowest BCUT2D eigenvalue weighted by atomic mass is 9.97. The highest BCUT2D eigenvalue weighted by molar-refractivity contribution is 7.16. The van der Waals surface area contributed by atoms with Crippen LogP contribution < -0.4 is 10.1 Å². The van der Waals surface area contributed by atoms with E-state index in [2.05, 4.69) is 32.2 Å². The number of piperidine rings is 1. The van der Waals surface area contributed by atoms with Crippen LogP contribution in [0, 0.1) is 5.92 Å². The average molecular weight is 361 g/mol. The summed E-state index contributed by atoms with van der Waals surface area (Å²) in [5, 5.41) is 3.46. The van der Waals surface area contributed by atoms with Crippen molar-refractivity contribution in [1.82, 2.24) is 25.2 Å². The van der Waals surface area contributed by atoms with Crippen molar-refractivity contribution < 1.29 is 9.53 Å². The minimum absolute atomic E-state index is 0.121. The van der Waals surface area contributed by atoms with Crippen molar-refractivity contribution in [2.45, 2.75) is 19.8 Å².